The Morgan fingerprint density at radius 3 is 2.70 bits per heavy atom. The van der Waals surface area contributed by atoms with Gasteiger partial charge >= 0.3 is 12.1 Å². The number of nitrogens with zero attached hydrogens (tertiary/aromatic N) is 1. The van der Waals surface area contributed by atoms with E-state index in [0.717, 1.165) is 31.2 Å². The first-order valence-corrected chi connectivity index (χ1v) is 9.01. The van der Waals surface area contributed by atoms with Crippen LogP contribution in [0.25, 0.3) is 0 Å². The number of carbonyl (C=O) groups excluding carboxylic acids is 1. The summed E-state index contributed by atoms with van der Waals surface area (Å²) < 4.78 is 5.34. The summed E-state index contributed by atoms with van der Waals surface area (Å²) >= 11 is 1.53. The Morgan fingerprint density at radius 2 is 2.04 bits per heavy atom. The standard InChI is InChI=1S/C17H23NO4S/c1-2-3-5-10-15-18(14(12-23-15)16(19)20)17(21)22-11-13-8-6-4-7-9-13/h4,6-9,14-15H,2-3,5,10-12H2,1H3,(H,19,20). The molecule has 23 heavy (non-hydrogen) atoms. The van der Waals surface area contributed by atoms with Crippen LogP contribution in [0.1, 0.15) is 38.2 Å². The highest BCUT2D eigenvalue weighted by atomic mass is 32.2. The maximum atomic E-state index is 12.4. The maximum absolute atomic E-state index is 12.4. The highest BCUT2D eigenvalue weighted by Gasteiger charge is 2.42. The molecule has 2 atom stereocenters. The molecular weight excluding hydrogens is 314 g/mol. The van der Waals surface area contributed by atoms with Gasteiger partial charge < -0.3 is 9.84 Å². The summed E-state index contributed by atoms with van der Waals surface area (Å²) in [5.74, 6) is -0.542. The second-order valence-corrected chi connectivity index (χ2v) is 6.80. The molecule has 1 N–H and O–H groups in total. The highest BCUT2D eigenvalue weighted by Crippen LogP contribution is 2.33. The molecule has 1 fully saturated rings. The van der Waals surface area contributed by atoms with Crippen molar-refractivity contribution in [2.45, 2.75) is 50.6 Å². The van der Waals surface area contributed by atoms with E-state index < -0.39 is 18.1 Å². The van der Waals surface area contributed by atoms with Crippen LogP contribution < -0.4 is 0 Å². The van der Waals surface area contributed by atoms with Crippen molar-refractivity contribution in [3.63, 3.8) is 0 Å². The zero-order valence-corrected chi connectivity index (χ0v) is 14.1. The number of carbonyl (C=O) groups is 2. The molecule has 5 nitrogen and oxygen atoms in total. The molecule has 1 amide bonds. The van der Waals surface area contributed by atoms with Crippen LogP contribution in [0.15, 0.2) is 30.3 Å². The fourth-order valence-corrected chi connectivity index (χ4v) is 4.02. The van der Waals surface area contributed by atoms with Crippen molar-refractivity contribution in [1.82, 2.24) is 4.90 Å². The third-order valence-electron chi connectivity index (χ3n) is 3.85. The SMILES string of the molecule is CCCCCC1SCC(C(=O)O)N1C(=O)OCc1ccccc1. The molecule has 0 bridgehead atoms. The number of rotatable bonds is 7. The van der Waals surface area contributed by atoms with E-state index in [1.165, 1.54) is 16.7 Å². The number of amides is 1. The van der Waals surface area contributed by atoms with Crippen LogP contribution >= 0.6 is 11.8 Å². The van der Waals surface area contributed by atoms with Crippen molar-refractivity contribution in [3.8, 4) is 0 Å². The lowest BCUT2D eigenvalue weighted by Gasteiger charge is -2.26. The van der Waals surface area contributed by atoms with Gasteiger partial charge in [0.05, 0.1) is 5.37 Å². The quantitative estimate of drug-likeness (QED) is 0.768. The average molecular weight is 337 g/mol. The first-order valence-electron chi connectivity index (χ1n) is 7.97. The lowest BCUT2D eigenvalue weighted by molar-refractivity contribution is -0.141. The Bertz CT molecular complexity index is 523. The molecule has 2 unspecified atom stereocenters. The Kier molecular flexibility index (Phi) is 6.77. The van der Waals surface area contributed by atoms with Crippen molar-refractivity contribution in [2.75, 3.05) is 5.75 Å². The van der Waals surface area contributed by atoms with E-state index in [-0.39, 0.29) is 12.0 Å². The molecular formula is C17H23NO4S. The number of thioether (sulfide) groups is 1. The molecule has 1 saturated heterocycles. The molecule has 1 aromatic rings. The average Bonchev–Trinajstić information content (AvgIpc) is 2.98. The summed E-state index contributed by atoms with van der Waals surface area (Å²) in [6, 6.07) is 8.60. The number of aliphatic carboxylic acids is 1. The van der Waals surface area contributed by atoms with Crippen LogP contribution in [-0.4, -0.2) is 39.2 Å². The molecule has 0 saturated carbocycles. The smallest absolute Gasteiger partial charge is 0.411 e. The third kappa shape index (κ3) is 4.89. The normalized spacial score (nSPS) is 20.5. The lowest BCUT2D eigenvalue weighted by Crippen LogP contribution is -2.45. The minimum absolute atomic E-state index is 0.106. The van der Waals surface area contributed by atoms with Gasteiger partial charge in [-0.1, -0.05) is 56.5 Å². The Labute approximate surface area is 141 Å². The molecule has 126 valence electrons. The molecule has 0 spiro atoms. The zero-order valence-electron chi connectivity index (χ0n) is 13.3. The number of ether oxygens (including phenoxy) is 1. The van der Waals surface area contributed by atoms with E-state index in [2.05, 4.69) is 6.92 Å². The van der Waals surface area contributed by atoms with E-state index >= 15 is 0 Å². The maximum Gasteiger partial charge on any atom is 0.411 e. The number of carboxylic acids is 1. The van der Waals surface area contributed by atoms with Crippen molar-refractivity contribution in [1.29, 1.82) is 0 Å². The molecule has 1 aromatic carbocycles. The van der Waals surface area contributed by atoms with Gasteiger partial charge in [-0.05, 0) is 12.0 Å². The number of benzene rings is 1. The zero-order chi connectivity index (χ0) is 16.7. The summed E-state index contributed by atoms with van der Waals surface area (Å²) in [6.07, 6.45) is 3.44. The van der Waals surface area contributed by atoms with Crippen LogP contribution in [0, 0.1) is 0 Å². The topological polar surface area (TPSA) is 66.8 Å². The van der Waals surface area contributed by atoms with Gasteiger partial charge in [0.25, 0.3) is 0 Å². The van der Waals surface area contributed by atoms with Gasteiger partial charge in [-0.25, -0.2) is 9.59 Å². The van der Waals surface area contributed by atoms with Gasteiger partial charge in [-0.3, -0.25) is 4.90 Å². The van der Waals surface area contributed by atoms with Crippen LogP contribution in [0.4, 0.5) is 4.79 Å². The van der Waals surface area contributed by atoms with E-state index in [0.29, 0.717) is 5.75 Å². The summed E-state index contributed by atoms with van der Waals surface area (Å²) in [4.78, 5) is 25.2. The van der Waals surface area contributed by atoms with Gasteiger partial charge in [0.2, 0.25) is 0 Å². The highest BCUT2D eigenvalue weighted by molar-refractivity contribution is 8.00. The Hall–Kier alpha value is -1.69. The fraction of sp³-hybridized carbons (Fsp3) is 0.529. The molecule has 2 rings (SSSR count). The predicted molar refractivity (Wildman–Crippen MR) is 90.3 cm³/mol. The summed E-state index contributed by atoms with van der Waals surface area (Å²) in [7, 11) is 0. The minimum atomic E-state index is -0.966. The first kappa shape index (κ1) is 17.7. The second kappa shape index (κ2) is 8.82. The number of carboxylic acid groups (broad SMARTS) is 1. The summed E-state index contributed by atoms with van der Waals surface area (Å²) in [5, 5.41) is 9.24. The molecule has 6 heteroatoms. The van der Waals surface area contributed by atoms with Crippen molar-refractivity contribution in [3.05, 3.63) is 35.9 Å². The summed E-state index contributed by atoms with van der Waals surface area (Å²) in [6.45, 7) is 2.28. The molecule has 1 aliphatic heterocycles. The lowest BCUT2D eigenvalue weighted by atomic mass is 10.2. The van der Waals surface area contributed by atoms with Crippen molar-refractivity contribution >= 4 is 23.8 Å². The number of hydrogen-bond donors (Lipinski definition) is 1. The van der Waals surface area contributed by atoms with Crippen LogP contribution in [0.5, 0.6) is 0 Å². The van der Waals surface area contributed by atoms with Gasteiger partial charge in [-0.2, -0.15) is 0 Å². The second-order valence-electron chi connectivity index (χ2n) is 5.59. The molecule has 0 aliphatic carbocycles. The Morgan fingerprint density at radius 1 is 1.30 bits per heavy atom. The van der Waals surface area contributed by atoms with Crippen molar-refractivity contribution in [2.24, 2.45) is 0 Å². The summed E-state index contributed by atoms with van der Waals surface area (Å²) in [5.41, 5.74) is 0.891. The predicted octanol–water partition coefficient (Wildman–Crippen LogP) is 3.73. The van der Waals surface area contributed by atoms with E-state index in [9.17, 15) is 14.7 Å². The van der Waals surface area contributed by atoms with Crippen molar-refractivity contribution < 1.29 is 19.4 Å². The van der Waals surface area contributed by atoms with E-state index in [4.69, 9.17) is 4.74 Å². The van der Waals surface area contributed by atoms with Crippen LogP contribution in [0.2, 0.25) is 0 Å². The molecule has 1 heterocycles. The van der Waals surface area contributed by atoms with Gasteiger partial charge in [-0.15, -0.1) is 11.8 Å². The van der Waals surface area contributed by atoms with Gasteiger partial charge in [0, 0.05) is 5.75 Å². The monoisotopic (exact) mass is 337 g/mol. The minimum Gasteiger partial charge on any atom is -0.480 e. The van der Waals surface area contributed by atoms with Gasteiger partial charge in [0.1, 0.15) is 12.6 Å². The van der Waals surface area contributed by atoms with Gasteiger partial charge in [0.15, 0.2) is 0 Å². The third-order valence-corrected chi connectivity index (χ3v) is 5.20. The molecule has 0 radical (unpaired) electrons. The van der Waals surface area contributed by atoms with E-state index in [1.807, 2.05) is 30.3 Å². The first-order chi connectivity index (χ1) is 11.1. The van der Waals surface area contributed by atoms with Crippen LogP contribution in [-0.2, 0) is 16.1 Å². The van der Waals surface area contributed by atoms with E-state index in [1.54, 1.807) is 0 Å². The molecule has 1 aliphatic rings. The molecule has 0 aromatic heterocycles. The van der Waals surface area contributed by atoms with Crippen LogP contribution in [0.3, 0.4) is 0 Å². The largest absolute Gasteiger partial charge is 0.480 e. The number of unbranched alkanes of at least 4 members (excludes halogenated alkanes) is 2. The fourth-order valence-electron chi connectivity index (χ4n) is 2.58. The Balaban J connectivity index is 1.97. The number of hydrogen-bond acceptors (Lipinski definition) is 4.